The van der Waals surface area contributed by atoms with Gasteiger partial charge in [-0.1, -0.05) is 6.92 Å². The summed E-state index contributed by atoms with van der Waals surface area (Å²) in [5, 5.41) is 20.8. The number of rotatable bonds is 6. The summed E-state index contributed by atoms with van der Waals surface area (Å²) in [6.45, 7) is 6.71. The van der Waals surface area contributed by atoms with Crippen molar-refractivity contribution in [3.63, 3.8) is 0 Å². The molecule has 0 radical (unpaired) electrons. The molecule has 5 N–H and O–H groups in total. The Labute approximate surface area is 238 Å². The fourth-order valence-corrected chi connectivity index (χ4v) is 7.76. The number of likely N-dealkylation sites (N-methyl/N-ethyl adjacent to an activating group) is 1. The van der Waals surface area contributed by atoms with Gasteiger partial charge in [0, 0.05) is 32.2 Å². The lowest BCUT2D eigenvalue weighted by Gasteiger charge is -2.45. The van der Waals surface area contributed by atoms with Gasteiger partial charge in [-0.15, -0.1) is 0 Å². The molecule has 5 fully saturated rings. The molecule has 4 heterocycles. The zero-order valence-corrected chi connectivity index (χ0v) is 24.2. The van der Waals surface area contributed by atoms with Crippen LogP contribution in [0.25, 0.3) is 0 Å². The average Bonchev–Trinajstić information content (AvgIpc) is 3.54. The number of hydrogen-bond donors (Lipinski definition) is 5. The Hall–Kier alpha value is -1.39. The second-order valence-corrected chi connectivity index (χ2v) is 13.0. The van der Waals surface area contributed by atoms with Crippen LogP contribution in [-0.2, 0) is 0 Å². The predicted molar refractivity (Wildman–Crippen MR) is 142 cm³/mol. The molecule has 9 nitrogen and oxygen atoms in total. The summed E-state index contributed by atoms with van der Waals surface area (Å²) in [6, 6.07) is -1.74. The molecule has 7 atom stereocenters. The number of nitrogens with one attached hydrogen (secondary N) is 5. The highest BCUT2D eigenvalue weighted by atomic mass is 19.4. The Balaban J connectivity index is 1.26. The summed E-state index contributed by atoms with van der Waals surface area (Å²) in [5.74, 6) is 0.431. The molecule has 0 aromatic heterocycles. The van der Waals surface area contributed by atoms with Crippen molar-refractivity contribution in [1.29, 1.82) is 5.41 Å². The third-order valence-corrected chi connectivity index (χ3v) is 9.79. The molecular formula is C26H45F6N9. The molecule has 236 valence electrons. The Morgan fingerprint density at radius 1 is 0.951 bits per heavy atom. The van der Waals surface area contributed by atoms with Gasteiger partial charge in [0.15, 0.2) is 5.96 Å². The van der Waals surface area contributed by atoms with E-state index < -0.39 is 37.1 Å². The van der Waals surface area contributed by atoms with E-state index in [2.05, 4.69) is 47.2 Å². The van der Waals surface area contributed by atoms with E-state index >= 15 is 0 Å². The van der Waals surface area contributed by atoms with E-state index in [1.54, 1.807) is 11.9 Å². The SMILES string of the molecule is CC1CNN(C(C)C)C1C1NCC2C(N1)N(CC1CCC(C3NC(C(F)(F)F)CN3C)CC1)C(=N)N2CC(F)(F)F. The minimum absolute atomic E-state index is 0.0681. The third kappa shape index (κ3) is 6.44. The molecule has 0 spiro atoms. The molecule has 0 aromatic rings. The van der Waals surface area contributed by atoms with Crippen molar-refractivity contribution in [3.05, 3.63) is 0 Å². The molecule has 0 aromatic carbocycles. The smallest absolute Gasteiger partial charge is 0.326 e. The number of nitrogens with zero attached hydrogens (tertiary/aromatic N) is 4. The fourth-order valence-electron chi connectivity index (χ4n) is 7.76. The highest BCUT2D eigenvalue weighted by Crippen LogP contribution is 2.38. The lowest BCUT2D eigenvalue weighted by Crippen LogP contribution is -2.71. The topological polar surface area (TPSA) is 84.9 Å². The second kappa shape index (κ2) is 11.6. The highest BCUT2D eigenvalue weighted by molar-refractivity contribution is 5.80. The minimum Gasteiger partial charge on any atom is -0.326 e. The van der Waals surface area contributed by atoms with Crippen LogP contribution in [0.2, 0.25) is 0 Å². The number of fused-ring (bicyclic) bond motifs is 1. The first-order chi connectivity index (χ1) is 19.1. The van der Waals surface area contributed by atoms with Gasteiger partial charge in [0.2, 0.25) is 0 Å². The van der Waals surface area contributed by atoms with Crippen LogP contribution in [-0.4, -0.2) is 120 Å². The van der Waals surface area contributed by atoms with E-state index in [0.717, 1.165) is 37.1 Å². The van der Waals surface area contributed by atoms with E-state index in [1.165, 1.54) is 0 Å². The van der Waals surface area contributed by atoms with Gasteiger partial charge < -0.3 is 9.80 Å². The van der Waals surface area contributed by atoms with Gasteiger partial charge in [0.25, 0.3) is 0 Å². The normalized spacial score (nSPS) is 39.8. The molecule has 0 bridgehead atoms. The lowest BCUT2D eigenvalue weighted by atomic mass is 9.80. The van der Waals surface area contributed by atoms with Crippen LogP contribution in [0.15, 0.2) is 0 Å². The van der Waals surface area contributed by atoms with Gasteiger partial charge in [-0.25, -0.2) is 5.01 Å². The maximum atomic E-state index is 13.6. The Kier molecular flexibility index (Phi) is 8.79. The monoisotopic (exact) mass is 597 g/mol. The molecule has 15 heteroatoms. The lowest BCUT2D eigenvalue weighted by molar-refractivity contribution is -0.150. The van der Waals surface area contributed by atoms with E-state index in [4.69, 9.17) is 5.41 Å². The molecule has 41 heavy (non-hydrogen) atoms. The molecule has 1 saturated carbocycles. The first kappa shape index (κ1) is 31.0. The molecule has 4 saturated heterocycles. The van der Waals surface area contributed by atoms with Gasteiger partial charge >= 0.3 is 12.4 Å². The number of hydrazine groups is 1. The standard InChI is InChI=1S/C26H45F6N9/c1-14(2)41-20(15(3)9-35-41)21-34-10-18-23(37-21)39(24(33)40(18)13-25(27,28)29)11-16-5-7-17(8-6-16)22-36-19(12-38(22)4)26(30,31)32/h14-23,33-37H,5-13H2,1-4H3. The van der Waals surface area contributed by atoms with E-state index in [0.29, 0.717) is 19.0 Å². The van der Waals surface area contributed by atoms with Gasteiger partial charge in [-0.3, -0.25) is 31.7 Å². The molecule has 4 aliphatic heterocycles. The van der Waals surface area contributed by atoms with Gasteiger partial charge in [-0.2, -0.15) is 26.3 Å². The minimum atomic E-state index is -4.44. The van der Waals surface area contributed by atoms with E-state index in [9.17, 15) is 26.3 Å². The van der Waals surface area contributed by atoms with Crippen molar-refractivity contribution < 1.29 is 26.3 Å². The maximum absolute atomic E-state index is 13.6. The molecular weight excluding hydrogens is 552 g/mol. The van der Waals surface area contributed by atoms with Gasteiger partial charge in [0.1, 0.15) is 18.8 Å². The number of hydrogen-bond acceptors (Lipinski definition) is 7. The van der Waals surface area contributed by atoms with Crippen molar-refractivity contribution in [3.8, 4) is 0 Å². The summed E-state index contributed by atoms with van der Waals surface area (Å²) in [5.41, 5.74) is 3.45. The molecule has 5 rings (SSSR count). The van der Waals surface area contributed by atoms with E-state index in [-0.39, 0.29) is 48.8 Å². The van der Waals surface area contributed by atoms with Crippen LogP contribution in [0, 0.1) is 23.2 Å². The predicted octanol–water partition coefficient (Wildman–Crippen LogP) is 2.15. The van der Waals surface area contributed by atoms with Crippen molar-refractivity contribution in [2.45, 2.75) is 101 Å². The Morgan fingerprint density at radius 2 is 1.63 bits per heavy atom. The van der Waals surface area contributed by atoms with Gasteiger partial charge in [0.05, 0.1) is 24.4 Å². The van der Waals surface area contributed by atoms with Crippen molar-refractivity contribution >= 4 is 5.96 Å². The van der Waals surface area contributed by atoms with Crippen molar-refractivity contribution in [2.24, 2.45) is 17.8 Å². The van der Waals surface area contributed by atoms with Crippen LogP contribution < -0.4 is 21.4 Å². The van der Waals surface area contributed by atoms with Crippen LogP contribution in [0.3, 0.4) is 0 Å². The Morgan fingerprint density at radius 3 is 2.22 bits per heavy atom. The second-order valence-electron chi connectivity index (χ2n) is 13.0. The summed E-state index contributed by atoms with van der Waals surface area (Å²) < 4.78 is 80.5. The van der Waals surface area contributed by atoms with Crippen LogP contribution in [0.1, 0.15) is 46.5 Å². The first-order valence-electron chi connectivity index (χ1n) is 14.9. The average molecular weight is 598 g/mol. The zero-order valence-electron chi connectivity index (χ0n) is 24.2. The largest absolute Gasteiger partial charge is 0.406 e. The Bertz CT molecular complexity index is 924. The van der Waals surface area contributed by atoms with Crippen LogP contribution in [0.5, 0.6) is 0 Å². The molecule has 5 aliphatic rings. The van der Waals surface area contributed by atoms with Crippen LogP contribution in [0.4, 0.5) is 26.3 Å². The number of halogens is 6. The summed E-state index contributed by atoms with van der Waals surface area (Å²) in [7, 11) is 1.72. The maximum Gasteiger partial charge on any atom is 0.406 e. The fraction of sp³-hybridized carbons (Fsp3) is 0.962. The summed E-state index contributed by atoms with van der Waals surface area (Å²) in [6.07, 6.45) is -6.65. The zero-order chi connectivity index (χ0) is 29.9. The van der Waals surface area contributed by atoms with Crippen LogP contribution >= 0.6 is 0 Å². The quantitative estimate of drug-likeness (QED) is 0.298. The molecule has 7 unspecified atom stereocenters. The summed E-state index contributed by atoms with van der Waals surface area (Å²) in [4.78, 5) is 4.72. The first-order valence-corrected chi connectivity index (χ1v) is 14.9. The highest BCUT2D eigenvalue weighted by Gasteiger charge is 2.53. The number of alkyl halides is 6. The summed E-state index contributed by atoms with van der Waals surface area (Å²) >= 11 is 0. The van der Waals surface area contributed by atoms with E-state index in [1.807, 2.05) is 4.90 Å². The third-order valence-electron chi connectivity index (χ3n) is 9.79. The van der Waals surface area contributed by atoms with Gasteiger partial charge in [-0.05, 0) is 64.3 Å². The number of guanidine groups is 1. The molecule has 0 amide bonds. The van der Waals surface area contributed by atoms with Crippen molar-refractivity contribution in [2.75, 3.05) is 39.8 Å². The molecule has 1 aliphatic carbocycles. The van der Waals surface area contributed by atoms with Crippen molar-refractivity contribution in [1.82, 2.24) is 41.1 Å².